The highest BCUT2D eigenvalue weighted by molar-refractivity contribution is 7.89. The predicted molar refractivity (Wildman–Crippen MR) is 193 cm³/mol. The Morgan fingerprint density at radius 2 is 1.78 bits per heavy atom. The van der Waals surface area contributed by atoms with Crippen LogP contribution < -0.4 is 19.3 Å². The van der Waals surface area contributed by atoms with E-state index in [0.29, 0.717) is 43.1 Å². The highest BCUT2D eigenvalue weighted by Gasteiger charge is 2.27. The number of thiophene rings is 1. The average Bonchev–Trinajstić information content (AvgIpc) is 3.75. The van der Waals surface area contributed by atoms with Crippen LogP contribution in [-0.4, -0.2) is 44.0 Å². The number of primary sulfonamides is 1. The quantitative estimate of drug-likeness (QED) is 0.0878. The highest BCUT2D eigenvalue weighted by atomic mass is 32.2. The second-order valence-electron chi connectivity index (χ2n) is 11.8. The maximum atomic E-state index is 11.6. The molecule has 254 valence electrons. The summed E-state index contributed by atoms with van der Waals surface area (Å²) in [6.07, 6.45) is 6.74. The minimum Gasteiger partial charge on any atom is -0.439 e. The third-order valence-electron chi connectivity index (χ3n) is 8.40. The number of unbranched alkanes of at least 4 members (excludes halogenated alkanes) is 1. The summed E-state index contributed by atoms with van der Waals surface area (Å²) in [5.41, 5.74) is 5.13. The van der Waals surface area contributed by atoms with Crippen molar-refractivity contribution in [2.24, 2.45) is 5.14 Å². The van der Waals surface area contributed by atoms with Gasteiger partial charge in [-0.05, 0) is 103 Å². The molecule has 0 bridgehead atoms. The molecule has 0 saturated heterocycles. The summed E-state index contributed by atoms with van der Waals surface area (Å²) < 4.78 is 67.3. The first kappa shape index (κ1) is 34.3. The fourth-order valence-electron chi connectivity index (χ4n) is 6.15. The molecule has 0 saturated carbocycles. The number of rotatable bonds is 13. The lowest BCUT2D eigenvalue weighted by Gasteiger charge is -2.18. The van der Waals surface area contributed by atoms with Gasteiger partial charge in [-0.3, -0.25) is 4.55 Å². The summed E-state index contributed by atoms with van der Waals surface area (Å²) >= 11 is 1.69. The van der Waals surface area contributed by atoms with Gasteiger partial charge in [0, 0.05) is 23.4 Å². The Bertz CT molecular complexity index is 2370. The predicted octanol–water partition coefficient (Wildman–Crippen LogP) is 5.80. The van der Waals surface area contributed by atoms with E-state index in [1.165, 1.54) is 4.70 Å². The number of benzene rings is 3. The molecule has 6 rings (SSSR count). The first-order valence-corrected chi connectivity index (χ1v) is 20.0. The Hall–Kier alpha value is -4.52. The van der Waals surface area contributed by atoms with Gasteiger partial charge in [0.2, 0.25) is 15.9 Å². The Labute approximate surface area is 289 Å². The van der Waals surface area contributed by atoms with Crippen LogP contribution in [0.5, 0.6) is 5.75 Å². The molecule has 3 heterocycles. The second-order valence-corrected chi connectivity index (χ2v) is 16.0. The van der Waals surface area contributed by atoms with E-state index in [-0.39, 0.29) is 24.5 Å². The normalized spacial score (nSPS) is 14.2. The summed E-state index contributed by atoms with van der Waals surface area (Å²) in [7, 11) is -7.72. The van der Waals surface area contributed by atoms with Crippen LogP contribution in [0.3, 0.4) is 0 Å². The van der Waals surface area contributed by atoms with Crippen molar-refractivity contribution in [2.75, 3.05) is 23.0 Å². The SMILES string of the molecule is CC[n+]1c(/C=C/C=C2\Oc3ccc(-c4ccc5sccc5c4)cc3N2CCCS(=O)(=O)O)n(CCCCS(N)(=O)=O)c2cc(C#N)ccc21. The van der Waals surface area contributed by atoms with Crippen LogP contribution in [0.1, 0.15) is 37.6 Å². The van der Waals surface area contributed by atoms with E-state index in [1.807, 2.05) is 60.4 Å². The van der Waals surface area contributed by atoms with Crippen LogP contribution in [0.25, 0.3) is 38.3 Å². The molecule has 2 aromatic heterocycles. The number of sulfonamides is 1. The van der Waals surface area contributed by atoms with Gasteiger partial charge in [-0.25, -0.2) is 22.7 Å². The number of nitrogens with zero attached hydrogens (tertiary/aromatic N) is 4. The van der Waals surface area contributed by atoms with E-state index in [9.17, 15) is 26.7 Å². The van der Waals surface area contributed by atoms with Crippen LogP contribution in [-0.2, 0) is 33.2 Å². The molecule has 0 unspecified atom stereocenters. The fraction of sp³-hybridized carbons (Fsp3) is 0.257. The molecule has 11 nitrogen and oxygen atoms in total. The van der Waals surface area contributed by atoms with Gasteiger partial charge in [0.15, 0.2) is 16.8 Å². The maximum Gasteiger partial charge on any atom is 0.282 e. The van der Waals surface area contributed by atoms with E-state index in [4.69, 9.17) is 9.88 Å². The number of allylic oxidation sites excluding steroid dienone is 2. The minimum absolute atomic E-state index is 0.115. The van der Waals surface area contributed by atoms with Crippen LogP contribution in [0.15, 0.2) is 84.1 Å². The Kier molecular flexibility index (Phi) is 9.91. The molecule has 3 N–H and O–H groups in total. The van der Waals surface area contributed by atoms with Gasteiger partial charge in [-0.15, -0.1) is 11.3 Å². The number of aryl methyl sites for hydroxylation is 2. The zero-order valence-electron chi connectivity index (χ0n) is 26.8. The topological polar surface area (TPSA) is 160 Å². The van der Waals surface area contributed by atoms with Gasteiger partial charge in [0.1, 0.15) is 0 Å². The lowest BCUT2D eigenvalue weighted by molar-refractivity contribution is -0.670. The van der Waals surface area contributed by atoms with Crippen molar-refractivity contribution >= 4 is 64.4 Å². The molecule has 0 amide bonds. The molecule has 0 aliphatic carbocycles. The lowest BCUT2D eigenvalue weighted by atomic mass is 10.0. The van der Waals surface area contributed by atoms with Gasteiger partial charge in [-0.2, -0.15) is 13.7 Å². The van der Waals surface area contributed by atoms with E-state index in [2.05, 4.69) is 44.8 Å². The van der Waals surface area contributed by atoms with Crippen molar-refractivity contribution in [2.45, 2.75) is 39.3 Å². The molecular weight excluding hydrogens is 683 g/mol. The number of fused-ring (bicyclic) bond motifs is 3. The van der Waals surface area contributed by atoms with Crippen LogP contribution in [0.2, 0.25) is 0 Å². The standard InChI is InChI=1S/C35H35N5O6S3/c1-2-38-29-12-9-25(24-36)21-30(29)39(16-3-4-19-48(37,41)42)34(38)7-5-8-35-40(17-6-20-49(43,44)45)31-23-27(10-13-32(31)46-35)26-11-14-33-28(22-26)15-18-47-33/h5,7-15,18,21-23H,2-4,6,16-17,19-20H2,1H3,(H2-,37,41,42,43,44,45)/p+1. The Morgan fingerprint density at radius 3 is 2.53 bits per heavy atom. The number of hydrogen-bond donors (Lipinski definition) is 2. The largest absolute Gasteiger partial charge is 0.439 e. The highest BCUT2D eigenvalue weighted by Crippen LogP contribution is 2.42. The summed E-state index contributed by atoms with van der Waals surface area (Å²) in [4.78, 5) is 1.91. The van der Waals surface area contributed by atoms with Gasteiger partial charge in [-0.1, -0.05) is 12.1 Å². The minimum atomic E-state index is -4.14. The lowest BCUT2D eigenvalue weighted by Crippen LogP contribution is -2.35. The molecule has 49 heavy (non-hydrogen) atoms. The number of nitrogens with two attached hydrogens (primary N) is 1. The molecule has 0 atom stereocenters. The molecule has 1 aliphatic heterocycles. The number of anilines is 1. The van der Waals surface area contributed by atoms with Crippen LogP contribution in [0.4, 0.5) is 5.69 Å². The molecule has 3 aromatic carbocycles. The summed E-state index contributed by atoms with van der Waals surface area (Å²) in [5, 5.41) is 18.0. The smallest absolute Gasteiger partial charge is 0.282 e. The monoisotopic (exact) mass is 718 g/mol. The molecule has 5 aromatic rings. The summed E-state index contributed by atoms with van der Waals surface area (Å²) in [6.45, 7) is 3.47. The van der Waals surface area contributed by atoms with Gasteiger partial charge >= 0.3 is 0 Å². The van der Waals surface area contributed by atoms with E-state index < -0.39 is 20.1 Å². The first-order chi connectivity index (χ1) is 23.4. The Morgan fingerprint density at radius 1 is 0.980 bits per heavy atom. The average molecular weight is 719 g/mol. The maximum absolute atomic E-state index is 11.6. The second kappa shape index (κ2) is 14.1. The van der Waals surface area contributed by atoms with Crippen LogP contribution >= 0.6 is 11.3 Å². The third-order valence-corrected chi connectivity index (χ3v) is 11.0. The molecule has 0 fully saturated rings. The Balaban J connectivity index is 1.35. The number of ether oxygens (including phenoxy) is 1. The molecule has 0 radical (unpaired) electrons. The number of hydrogen-bond acceptors (Lipinski definition) is 8. The van der Waals surface area contributed by atoms with Crippen LogP contribution in [0, 0.1) is 11.3 Å². The van der Waals surface area contributed by atoms with Crippen molar-refractivity contribution in [1.29, 1.82) is 5.26 Å². The van der Waals surface area contributed by atoms with Crippen molar-refractivity contribution < 1.29 is 30.7 Å². The van der Waals surface area contributed by atoms with Crippen molar-refractivity contribution in [3.8, 4) is 22.9 Å². The summed E-state index contributed by atoms with van der Waals surface area (Å²) in [6, 6.07) is 22.0. The van der Waals surface area contributed by atoms with E-state index in [1.54, 1.807) is 17.4 Å². The van der Waals surface area contributed by atoms with Gasteiger partial charge in [0.05, 0.1) is 41.9 Å². The van der Waals surface area contributed by atoms with Gasteiger partial charge in [0.25, 0.3) is 15.9 Å². The molecule has 0 spiro atoms. The van der Waals surface area contributed by atoms with Crippen molar-refractivity contribution in [1.82, 2.24) is 4.57 Å². The molecule has 14 heteroatoms. The third kappa shape index (κ3) is 7.87. The molecule has 1 aliphatic rings. The fourth-order valence-corrected chi connectivity index (χ4v) is 8.02. The first-order valence-electron chi connectivity index (χ1n) is 15.8. The van der Waals surface area contributed by atoms with E-state index in [0.717, 1.165) is 39.1 Å². The van der Waals surface area contributed by atoms with E-state index >= 15 is 0 Å². The zero-order chi connectivity index (χ0) is 34.8. The molecular formula is C35H36N5O6S3+. The number of aromatic nitrogens is 2. The zero-order valence-corrected chi connectivity index (χ0v) is 29.3. The van der Waals surface area contributed by atoms with Crippen molar-refractivity contribution in [3.05, 3.63) is 95.5 Å². The van der Waals surface area contributed by atoms with Crippen molar-refractivity contribution in [3.63, 3.8) is 0 Å². The number of imidazole rings is 1. The summed E-state index contributed by atoms with van der Waals surface area (Å²) in [5.74, 6) is 1.47. The van der Waals surface area contributed by atoms with Gasteiger partial charge < -0.3 is 9.64 Å². The number of nitriles is 1.